The van der Waals surface area contributed by atoms with E-state index in [0.29, 0.717) is 5.92 Å². The molecule has 2 aliphatic carbocycles. The lowest BCUT2D eigenvalue weighted by atomic mass is 9.70. The number of rotatable bonds is 2. The average molecular weight is 290 g/mol. The standard InChI is InChI=1S/C17H22O4/c1-16(2)11-4-5-17(16,3)14(8-11)21-15(20)10-6-12(18)9-13(19)7-10/h6-7,9,11,14,18-19H,4-5,8H2,1-3H3. The minimum Gasteiger partial charge on any atom is -0.508 e. The van der Waals surface area contributed by atoms with Crippen molar-refractivity contribution in [2.24, 2.45) is 16.7 Å². The molecule has 4 heteroatoms. The van der Waals surface area contributed by atoms with Gasteiger partial charge in [0.2, 0.25) is 0 Å². The van der Waals surface area contributed by atoms with Gasteiger partial charge >= 0.3 is 5.97 Å². The number of esters is 1. The Hall–Kier alpha value is -1.71. The number of hydrogen-bond donors (Lipinski definition) is 2. The van der Waals surface area contributed by atoms with Gasteiger partial charge in [-0.25, -0.2) is 4.79 Å². The van der Waals surface area contributed by atoms with E-state index in [-0.39, 0.29) is 34.0 Å². The van der Waals surface area contributed by atoms with E-state index < -0.39 is 5.97 Å². The Balaban J connectivity index is 1.80. The highest BCUT2D eigenvalue weighted by atomic mass is 16.5. The first kappa shape index (κ1) is 14.2. The summed E-state index contributed by atoms with van der Waals surface area (Å²) in [4.78, 5) is 12.3. The van der Waals surface area contributed by atoms with Crippen LogP contribution in [0.4, 0.5) is 0 Å². The van der Waals surface area contributed by atoms with Crippen molar-refractivity contribution in [2.45, 2.75) is 46.1 Å². The lowest BCUT2D eigenvalue weighted by Gasteiger charge is -2.38. The topological polar surface area (TPSA) is 66.8 Å². The zero-order valence-electron chi connectivity index (χ0n) is 12.7. The van der Waals surface area contributed by atoms with Gasteiger partial charge in [-0.05, 0) is 42.7 Å². The van der Waals surface area contributed by atoms with Crippen molar-refractivity contribution in [1.82, 2.24) is 0 Å². The number of fused-ring (bicyclic) bond motifs is 2. The molecular formula is C17H22O4. The third kappa shape index (κ3) is 2.00. The van der Waals surface area contributed by atoms with E-state index in [2.05, 4.69) is 20.8 Å². The molecule has 0 aliphatic heterocycles. The molecule has 114 valence electrons. The van der Waals surface area contributed by atoms with Gasteiger partial charge in [0, 0.05) is 11.5 Å². The van der Waals surface area contributed by atoms with E-state index in [4.69, 9.17) is 4.74 Å². The second-order valence-corrected chi connectivity index (χ2v) is 7.24. The number of benzene rings is 1. The highest BCUT2D eigenvalue weighted by Gasteiger charge is 2.62. The molecule has 2 fully saturated rings. The summed E-state index contributed by atoms with van der Waals surface area (Å²) in [5.74, 6) is -0.156. The maximum absolute atomic E-state index is 12.3. The van der Waals surface area contributed by atoms with Crippen molar-refractivity contribution < 1.29 is 19.7 Å². The summed E-state index contributed by atoms with van der Waals surface area (Å²) in [6.07, 6.45) is 3.08. The normalized spacial score (nSPS) is 33.1. The third-order valence-electron chi connectivity index (χ3n) is 6.10. The van der Waals surface area contributed by atoms with Gasteiger partial charge in [-0.15, -0.1) is 0 Å². The lowest BCUT2D eigenvalue weighted by molar-refractivity contribution is -0.0243. The molecule has 3 unspecified atom stereocenters. The van der Waals surface area contributed by atoms with Crippen LogP contribution in [-0.4, -0.2) is 22.3 Å². The molecule has 2 bridgehead atoms. The molecule has 0 amide bonds. The van der Waals surface area contributed by atoms with E-state index in [1.54, 1.807) is 0 Å². The van der Waals surface area contributed by atoms with Crippen LogP contribution in [0.3, 0.4) is 0 Å². The number of carbonyl (C=O) groups is 1. The van der Waals surface area contributed by atoms with Gasteiger partial charge in [-0.3, -0.25) is 0 Å². The van der Waals surface area contributed by atoms with Gasteiger partial charge in [-0.2, -0.15) is 0 Å². The van der Waals surface area contributed by atoms with E-state index >= 15 is 0 Å². The van der Waals surface area contributed by atoms with Gasteiger partial charge in [0.1, 0.15) is 17.6 Å². The molecule has 0 radical (unpaired) electrons. The molecule has 3 rings (SSSR count). The molecule has 0 saturated heterocycles. The monoisotopic (exact) mass is 290 g/mol. The van der Waals surface area contributed by atoms with Crippen LogP contribution in [0.2, 0.25) is 0 Å². The molecule has 3 atom stereocenters. The maximum atomic E-state index is 12.3. The molecule has 2 saturated carbocycles. The number of phenolic OH excluding ortho intramolecular Hbond substituents is 2. The van der Waals surface area contributed by atoms with Crippen LogP contribution in [0.15, 0.2) is 18.2 Å². The van der Waals surface area contributed by atoms with E-state index in [1.807, 2.05) is 0 Å². The van der Waals surface area contributed by atoms with Crippen molar-refractivity contribution in [3.63, 3.8) is 0 Å². The molecule has 0 heterocycles. The second kappa shape index (κ2) is 4.39. The number of aromatic hydroxyl groups is 2. The predicted octanol–water partition coefficient (Wildman–Crippen LogP) is 3.47. The summed E-state index contributed by atoms with van der Waals surface area (Å²) in [7, 11) is 0. The van der Waals surface area contributed by atoms with Gasteiger partial charge in [0.15, 0.2) is 0 Å². The SMILES string of the molecule is CC1(C)C2CCC1(C)C(OC(=O)c1cc(O)cc(O)c1)C2. The second-order valence-electron chi connectivity index (χ2n) is 7.24. The molecule has 4 nitrogen and oxygen atoms in total. The quantitative estimate of drug-likeness (QED) is 0.818. The Bertz CT molecular complexity index is 572. The minimum atomic E-state index is -0.476. The lowest BCUT2D eigenvalue weighted by Crippen LogP contribution is -2.38. The summed E-state index contributed by atoms with van der Waals surface area (Å²) in [5, 5.41) is 18.9. The number of carbonyl (C=O) groups excluding carboxylic acids is 1. The molecule has 0 spiro atoms. The highest BCUT2D eigenvalue weighted by molar-refractivity contribution is 5.90. The van der Waals surface area contributed by atoms with Crippen molar-refractivity contribution >= 4 is 5.97 Å². The third-order valence-corrected chi connectivity index (χ3v) is 6.10. The predicted molar refractivity (Wildman–Crippen MR) is 78.2 cm³/mol. The summed E-state index contributed by atoms with van der Waals surface area (Å²) in [5.41, 5.74) is 0.377. The first-order chi connectivity index (χ1) is 9.74. The molecule has 21 heavy (non-hydrogen) atoms. The average Bonchev–Trinajstić information content (AvgIpc) is 2.70. The first-order valence-electron chi connectivity index (χ1n) is 7.48. The van der Waals surface area contributed by atoms with Crippen molar-refractivity contribution in [2.75, 3.05) is 0 Å². The minimum absolute atomic E-state index is 0.00615. The molecule has 2 N–H and O–H groups in total. The zero-order valence-corrected chi connectivity index (χ0v) is 12.7. The summed E-state index contributed by atoms with van der Waals surface area (Å²) < 4.78 is 5.72. The van der Waals surface area contributed by atoms with Crippen LogP contribution in [0.25, 0.3) is 0 Å². The van der Waals surface area contributed by atoms with E-state index in [9.17, 15) is 15.0 Å². The summed E-state index contributed by atoms with van der Waals surface area (Å²) >= 11 is 0. The number of hydrogen-bond acceptors (Lipinski definition) is 4. The fourth-order valence-corrected chi connectivity index (χ4v) is 4.22. The van der Waals surface area contributed by atoms with Gasteiger partial charge in [-0.1, -0.05) is 20.8 Å². The molecule has 0 aromatic heterocycles. The van der Waals surface area contributed by atoms with Crippen LogP contribution in [0.5, 0.6) is 11.5 Å². The smallest absolute Gasteiger partial charge is 0.338 e. The molecule has 1 aromatic carbocycles. The van der Waals surface area contributed by atoms with Crippen molar-refractivity contribution in [1.29, 1.82) is 0 Å². The molecule has 1 aromatic rings. The van der Waals surface area contributed by atoms with Crippen LogP contribution in [0.1, 0.15) is 50.4 Å². The maximum Gasteiger partial charge on any atom is 0.338 e. The van der Waals surface area contributed by atoms with E-state index in [1.165, 1.54) is 24.6 Å². The van der Waals surface area contributed by atoms with Crippen LogP contribution >= 0.6 is 0 Å². The van der Waals surface area contributed by atoms with Crippen LogP contribution < -0.4 is 0 Å². The largest absolute Gasteiger partial charge is 0.508 e. The molecular weight excluding hydrogens is 268 g/mol. The Labute approximate surface area is 124 Å². The fraction of sp³-hybridized carbons (Fsp3) is 0.588. The Kier molecular flexibility index (Phi) is 2.98. The first-order valence-corrected chi connectivity index (χ1v) is 7.48. The zero-order chi connectivity index (χ0) is 15.4. The Morgan fingerprint density at radius 1 is 1.19 bits per heavy atom. The van der Waals surface area contributed by atoms with Crippen molar-refractivity contribution in [3.8, 4) is 11.5 Å². The van der Waals surface area contributed by atoms with Crippen LogP contribution in [-0.2, 0) is 4.74 Å². The number of ether oxygens (including phenoxy) is 1. The number of phenols is 2. The van der Waals surface area contributed by atoms with Gasteiger partial charge < -0.3 is 14.9 Å². The molecule has 2 aliphatic rings. The van der Waals surface area contributed by atoms with Gasteiger partial charge in [0.05, 0.1) is 5.56 Å². The Morgan fingerprint density at radius 2 is 1.81 bits per heavy atom. The van der Waals surface area contributed by atoms with Gasteiger partial charge in [0.25, 0.3) is 0 Å². The van der Waals surface area contributed by atoms with Crippen LogP contribution in [0, 0.1) is 16.7 Å². The fourth-order valence-electron chi connectivity index (χ4n) is 4.22. The van der Waals surface area contributed by atoms with E-state index in [0.717, 1.165) is 12.8 Å². The van der Waals surface area contributed by atoms with Crippen molar-refractivity contribution in [3.05, 3.63) is 23.8 Å². The summed E-state index contributed by atoms with van der Waals surface area (Å²) in [6.45, 7) is 6.73. The summed E-state index contributed by atoms with van der Waals surface area (Å²) in [6, 6.07) is 3.84. The highest BCUT2D eigenvalue weighted by Crippen LogP contribution is 2.66. The Morgan fingerprint density at radius 3 is 2.29 bits per heavy atom.